The van der Waals surface area contributed by atoms with Crippen LogP contribution in [0.4, 0.5) is 5.69 Å². The molecule has 0 aliphatic carbocycles. The third-order valence-corrected chi connectivity index (χ3v) is 9.69. The predicted molar refractivity (Wildman–Crippen MR) is 170 cm³/mol. The van der Waals surface area contributed by atoms with Crippen molar-refractivity contribution in [2.24, 2.45) is 11.8 Å². The van der Waals surface area contributed by atoms with Crippen molar-refractivity contribution in [1.29, 1.82) is 0 Å². The van der Waals surface area contributed by atoms with Crippen LogP contribution in [-0.4, -0.2) is 76.7 Å². The van der Waals surface area contributed by atoms with Gasteiger partial charge in [-0.2, -0.15) is 0 Å². The van der Waals surface area contributed by atoms with E-state index < -0.39 is 59.6 Å². The highest BCUT2D eigenvalue weighted by atomic mass is 16.6. The normalized spacial score (nSPS) is 32.7. The van der Waals surface area contributed by atoms with E-state index >= 15 is 0 Å². The molecule has 2 aromatic carbocycles. The Morgan fingerprint density at radius 2 is 1.80 bits per heavy atom. The number of hydrogen-bond donors (Lipinski definition) is 2. The lowest BCUT2D eigenvalue weighted by atomic mass is 9.74. The fourth-order valence-corrected chi connectivity index (χ4v) is 7.40. The first kappa shape index (κ1) is 31.7. The Hall–Kier alpha value is -4.28. The van der Waals surface area contributed by atoms with Gasteiger partial charge in [0.05, 0.1) is 30.7 Å². The summed E-state index contributed by atoms with van der Waals surface area (Å²) in [5.74, 6) is -3.73. The van der Waals surface area contributed by atoms with E-state index in [0.29, 0.717) is 17.7 Å². The molecule has 6 rings (SSSR count). The van der Waals surface area contributed by atoms with Gasteiger partial charge >= 0.3 is 5.97 Å². The zero-order valence-electron chi connectivity index (χ0n) is 26.6. The van der Waals surface area contributed by atoms with Crippen molar-refractivity contribution in [3.63, 3.8) is 0 Å². The number of aliphatic hydroxyl groups is 1. The Morgan fingerprint density at radius 3 is 2.54 bits per heavy atom. The fraction of sp³-hybridized carbons (Fsp3) is 0.444. The second kappa shape index (κ2) is 12.5. The monoisotopic (exact) mass is 627 g/mol. The lowest BCUT2D eigenvalue weighted by Gasteiger charge is -2.38. The molecular formula is C36H41N3O7. The molecule has 3 amide bonds. The summed E-state index contributed by atoms with van der Waals surface area (Å²) >= 11 is 0. The van der Waals surface area contributed by atoms with Gasteiger partial charge in [-0.3, -0.25) is 19.2 Å². The van der Waals surface area contributed by atoms with Gasteiger partial charge in [0.25, 0.3) is 5.91 Å². The molecule has 5 bridgehead atoms. The van der Waals surface area contributed by atoms with E-state index in [2.05, 4.69) is 5.32 Å². The number of rotatable bonds is 4. The van der Waals surface area contributed by atoms with Gasteiger partial charge in [0.15, 0.2) is 0 Å². The van der Waals surface area contributed by atoms with Crippen molar-refractivity contribution in [1.82, 2.24) is 10.2 Å². The van der Waals surface area contributed by atoms with Crippen LogP contribution in [0.25, 0.3) is 0 Å². The number of allylic oxidation sites excluding steroid dienone is 1. The van der Waals surface area contributed by atoms with Crippen molar-refractivity contribution in [3.05, 3.63) is 89.5 Å². The lowest BCUT2D eigenvalue weighted by molar-refractivity contribution is -0.161. The number of nitrogens with zero attached hydrogens (tertiary/aromatic N) is 2. The van der Waals surface area contributed by atoms with E-state index in [9.17, 15) is 24.3 Å². The highest BCUT2D eigenvalue weighted by Crippen LogP contribution is 2.56. The first-order chi connectivity index (χ1) is 22.1. The van der Waals surface area contributed by atoms with Crippen LogP contribution in [0.5, 0.6) is 0 Å². The number of carbonyl (C=O) groups excluding carboxylic acids is 4. The maximum absolute atomic E-state index is 14.9. The van der Waals surface area contributed by atoms with Gasteiger partial charge < -0.3 is 29.7 Å². The van der Waals surface area contributed by atoms with Gasteiger partial charge in [0.2, 0.25) is 11.8 Å². The summed E-state index contributed by atoms with van der Waals surface area (Å²) in [6.45, 7) is 7.14. The molecule has 4 aliphatic heterocycles. The van der Waals surface area contributed by atoms with Gasteiger partial charge in [0.1, 0.15) is 23.7 Å². The Balaban J connectivity index is 1.47. The number of ether oxygens (including phenoxy) is 2. The number of esters is 1. The van der Waals surface area contributed by atoms with E-state index in [-0.39, 0.29) is 31.4 Å². The number of anilines is 1. The lowest BCUT2D eigenvalue weighted by Crippen LogP contribution is -2.58. The molecule has 10 heteroatoms. The predicted octanol–water partition coefficient (Wildman–Crippen LogP) is 3.31. The summed E-state index contributed by atoms with van der Waals surface area (Å²) in [5, 5.41) is 13.3. The van der Waals surface area contributed by atoms with Gasteiger partial charge in [-0.05, 0) is 56.9 Å². The molecular weight excluding hydrogens is 586 g/mol. The number of fused-ring (bicyclic) bond motifs is 2. The van der Waals surface area contributed by atoms with Crippen molar-refractivity contribution in [3.8, 4) is 0 Å². The van der Waals surface area contributed by atoms with Crippen LogP contribution >= 0.6 is 0 Å². The topological polar surface area (TPSA) is 125 Å². The molecule has 46 heavy (non-hydrogen) atoms. The smallest absolute Gasteiger partial charge is 0.313 e. The van der Waals surface area contributed by atoms with Crippen LogP contribution in [0.2, 0.25) is 0 Å². The van der Waals surface area contributed by atoms with Gasteiger partial charge in [-0.15, -0.1) is 0 Å². The van der Waals surface area contributed by atoms with Crippen molar-refractivity contribution < 1.29 is 33.8 Å². The molecule has 4 heterocycles. The number of hydrogen-bond acceptors (Lipinski definition) is 7. The molecule has 0 aromatic heterocycles. The molecule has 242 valence electrons. The summed E-state index contributed by atoms with van der Waals surface area (Å²) in [7, 11) is 0. The molecule has 1 spiro atoms. The van der Waals surface area contributed by atoms with E-state index in [1.165, 1.54) is 4.90 Å². The maximum atomic E-state index is 14.9. The first-order valence-electron chi connectivity index (χ1n) is 16.0. The van der Waals surface area contributed by atoms with Gasteiger partial charge in [0, 0.05) is 18.7 Å². The zero-order valence-corrected chi connectivity index (χ0v) is 26.6. The average molecular weight is 628 g/mol. The number of amides is 3. The fourth-order valence-electron chi connectivity index (χ4n) is 7.40. The largest absolute Gasteiger partial charge is 0.455 e. The number of benzene rings is 2. The van der Waals surface area contributed by atoms with Crippen molar-refractivity contribution in [2.75, 3.05) is 18.1 Å². The number of cyclic esters (lactones) is 1. The molecule has 2 saturated heterocycles. The minimum absolute atomic E-state index is 0.183. The molecule has 0 radical (unpaired) electrons. The second-order valence-electron chi connectivity index (χ2n) is 12.9. The number of carbonyl (C=O) groups is 4. The number of nitrogens with one attached hydrogen (secondary N) is 1. The van der Waals surface area contributed by atoms with Crippen LogP contribution < -0.4 is 10.2 Å². The second-order valence-corrected chi connectivity index (χ2v) is 12.9. The van der Waals surface area contributed by atoms with Gasteiger partial charge in [-0.25, -0.2) is 0 Å². The highest BCUT2D eigenvalue weighted by Gasteiger charge is 2.74. The molecule has 2 fully saturated rings. The van der Waals surface area contributed by atoms with E-state index in [1.807, 2.05) is 74.5 Å². The summed E-state index contributed by atoms with van der Waals surface area (Å²) in [6, 6.07) is 12.6. The van der Waals surface area contributed by atoms with Crippen LogP contribution in [0.3, 0.4) is 0 Å². The standard InChI is InChI=1S/C36H41N3O7/c1-21-14-15-22(2)26(19-21)38-18-10-6-9-13-28(41)37-24(4)31(25-11-7-5-8-12-25)45-35(44)29-27-16-17-36(46-27)30(29)33(42)39(23(3)20-40)32(36)34(38)43/h5-8,10-12,14-17,19,23-24,27,29-32,40H,9,13,18,20H2,1-4H3,(H,37,41)/b10-6-/t23-,24-,27+,29-,30-,31+,32+,36-/m1/s1. The molecule has 8 atom stereocenters. The number of aryl methyl sites for hydroxylation is 2. The first-order valence-corrected chi connectivity index (χ1v) is 16.0. The molecule has 2 aromatic rings. The summed E-state index contributed by atoms with van der Waals surface area (Å²) in [5.41, 5.74) is 1.77. The summed E-state index contributed by atoms with van der Waals surface area (Å²) in [6.07, 6.45) is 6.24. The van der Waals surface area contributed by atoms with Crippen LogP contribution in [-0.2, 0) is 28.7 Å². The number of aliphatic hydroxyl groups excluding tert-OH is 1. The van der Waals surface area contributed by atoms with E-state index in [4.69, 9.17) is 9.47 Å². The SMILES string of the molecule is Cc1ccc(C)c(N2C/C=C\CCC(=O)N[C@H](C)[C@@H](c3ccccc3)OC(=O)[C@@H]3[C@@H]4C=C[C@]5(O4)[C@H](C2=O)N([C@H](C)CO)C(=O)[C@@H]35)c1. The van der Waals surface area contributed by atoms with E-state index in [1.54, 1.807) is 30.9 Å². The number of likely N-dealkylation sites (tertiary alicyclic amines) is 1. The van der Waals surface area contributed by atoms with E-state index in [0.717, 1.165) is 11.1 Å². The van der Waals surface area contributed by atoms with Crippen LogP contribution in [0.1, 0.15) is 49.5 Å². The molecule has 10 nitrogen and oxygen atoms in total. The van der Waals surface area contributed by atoms with Crippen LogP contribution in [0.15, 0.2) is 72.8 Å². The highest BCUT2D eigenvalue weighted by molar-refractivity contribution is 6.05. The maximum Gasteiger partial charge on any atom is 0.313 e. The zero-order chi connectivity index (χ0) is 32.7. The Labute approximate surface area is 269 Å². The molecule has 4 aliphatic rings. The molecule has 0 unspecified atom stereocenters. The minimum atomic E-state index is -1.43. The van der Waals surface area contributed by atoms with Crippen molar-refractivity contribution >= 4 is 29.4 Å². The summed E-state index contributed by atoms with van der Waals surface area (Å²) < 4.78 is 12.7. The Bertz CT molecular complexity index is 1590. The quantitative estimate of drug-likeness (QED) is 0.394. The summed E-state index contributed by atoms with van der Waals surface area (Å²) in [4.78, 5) is 59.5. The van der Waals surface area contributed by atoms with Crippen molar-refractivity contribution in [2.45, 2.75) is 76.5 Å². The molecule has 2 N–H and O–H groups in total. The van der Waals surface area contributed by atoms with Gasteiger partial charge in [-0.1, -0.05) is 66.8 Å². The minimum Gasteiger partial charge on any atom is -0.455 e. The van der Waals surface area contributed by atoms with Crippen LogP contribution in [0, 0.1) is 25.7 Å². The third-order valence-electron chi connectivity index (χ3n) is 9.69. The average Bonchev–Trinajstić information content (AvgIpc) is 3.69. The Morgan fingerprint density at radius 1 is 1.04 bits per heavy atom. The third kappa shape index (κ3) is 5.33. The molecule has 0 saturated carbocycles. The Kier molecular flexibility index (Phi) is 8.60.